The predicted octanol–water partition coefficient (Wildman–Crippen LogP) is 2.86. The molecule has 0 spiro atoms. The fourth-order valence-corrected chi connectivity index (χ4v) is 3.54. The standard InChI is InChI=1S/C20H19F5N2O/c21-15-16(22)18(24)20(19(25)17(15)23)26-14(28)11-27-8-6-13(7-9-27)10-12-4-2-1-3-5-12/h1-5,13H,6-11H2,(H,26,28)/p+1. The molecule has 0 saturated carbocycles. The van der Waals surface area contributed by atoms with Crippen molar-refractivity contribution in [2.45, 2.75) is 19.3 Å². The lowest BCUT2D eigenvalue weighted by atomic mass is 9.90. The van der Waals surface area contributed by atoms with Gasteiger partial charge in [-0.05, 0) is 30.7 Å². The van der Waals surface area contributed by atoms with Crippen molar-refractivity contribution in [3.63, 3.8) is 0 Å². The van der Waals surface area contributed by atoms with Crippen molar-refractivity contribution in [1.29, 1.82) is 0 Å². The highest BCUT2D eigenvalue weighted by molar-refractivity contribution is 5.91. The fraction of sp³-hybridized carbons (Fsp3) is 0.350. The number of benzene rings is 2. The van der Waals surface area contributed by atoms with Crippen LogP contribution in [0.15, 0.2) is 30.3 Å². The first kappa shape index (κ1) is 20.3. The van der Waals surface area contributed by atoms with E-state index in [4.69, 9.17) is 0 Å². The molecule has 0 unspecified atom stereocenters. The van der Waals surface area contributed by atoms with Gasteiger partial charge < -0.3 is 10.2 Å². The van der Waals surface area contributed by atoms with Crippen molar-refractivity contribution >= 4 is 11.6 Å². The number of amides is 1. The van der Waals surface area contributed by atoms with Crippen molar-refractivity contribution < 1.29 is 31.6 Å². The maximum atomic E-state index is 13.7. The summed E-state index contributed by atoms with van der Waals surface area (Å²) in [6.45, 7) is 1.29. The molecular formula is C20H20F5N2O+. The van der Waals surface area contributed by atoms with E-state index < -0.39 is 40.7 Å². The van der Waals surface area contributed by atoms with Crippen LogP contribution in [0.2, 0.25) is 0 Å². The molecule has 2 aromatic rings. The molecule has 3 rings (SSSR count). The molecule has 0 atom stereocenters. The Balaban J connectivity index is 1.54. The third-order valence-corrected chi connectivity index (χ3v) is 5.06. The van der Waals surface area contributed by atoms with Crippen LogP contribution in [-0.4, -0.2) is 25.5 Å². The van der Waals surface area contributed by atoms with E-state index in [1.165, 1.54) is 5.56 Å². The summed E-state index contributed by atoms with van der Waals surface area (Å²) in [5.41, 5.74) is -0.0558. The quantitative estimate of drug-likeness (QED) is 0.453. The van der Waals surface area contributed by atoms with Crippen molar-refractivity contribution in [1.82, 2.24) is 0 Å². The average molecular weight is 399 g/mol. The van der Waals surface area contributed by atoms with Crippen molar-refractivity contribution in [3.05, 3.63) is 65.0 Å². The van der Waals surface area contributed by atoms with Crippen LogP contribution in [0.3, 0.4) is 0 Å². The summed E-state index contributed by atoms with van der Waals surface area (Å²) in [6, 6.07) is 10.1. The molecule has 1 aliphatic heterocycles. The molecular weight excluding hydrogens is 379 g/mol. The van der Waals surface area contributed by atoms with Crippen LogP contribution in [0.5, 0.6) is 0 Å². The number of rotatable bonds is 5. The van der Waals surface area contributed by atoms with Crippen LogP contribution in [0, 0.1) is 35.0 Å². The number of likely N-dealkylation sites (tertiary alicyclic amines) is 1. The van der Waals surface area contributed by atoms with Gasteiger partial charge in [-0.25, -0.2) is 22.0 Å². The zero-order chi connectivity index (χ0) is 20.3. The minimum Gasteiger partial charge on any atom is -0.327 e. The van der Waals surface area contributed by atoms with Crippen LogP contribution >= 0.6 is 0 Å². The molecule has 0 aliphatic carbocycles. The number of hydrogen-bond donors (Lipinski definition) is 2. The van der Waals surface area contributed by atoms with Crippen LogP contribution < -0.4 is 10.2 Å². The number of carbonyl (C=O) groups excluding carboxylic acids is 1. The van der Waals surface area contributed by atoms with Gasteiger partial charge in [0.25, 0.3) is 5.91 Å². The Kier molecular flexibility index (Phi) is 6.28. The number of piperidine rings is 1. The Morgan fingerprint density at radius 3 is 2.00 bits per heavy atom. The highest BCUT2D eigenvalue weighted by Crippen LogP contribution is 2.27. The number of carbonyl (C=O) groups is 1. The van der Waals surface area contributed by atoms with Gasteiger partial charge in [-0.2, -0.15) is 0 Å². The number of quaternary nitrogens is 1. The summed E-state index contributed by atoms with van der Waals surface area (Å²) >= 11 is 0. The third kappa shape index (κ3) is 4.49. The summed E-state index contributed by atoms with van der Waals surface area (Å²) in [5.74, 6) is -10.8. The molecule has 1 saturated heterocycles. The monoisotopic (exact) mass is 399 g/mol. The van der Waals surface area contributed by atoms with Crippen molar-refractivity contribution in [2.75, 3.05) is 25.0 Å². The van der Waals surface area contributed by atoms with E-state index in [2.05, 4.69) is 12.1 Å². The predicted molar refractivity (Wildman–Crippen MR) is 93.3 cm³/mol. The summed E-state index contributed by atoms with van der Waals surface area (Å²) in [5, 5.41) is 1.83. The normalized spacial score (nSPS) is 19.5. The molecule has 0 aromatic heterocycles. The van der Waals surface area contributed by atoms with Gasteiger partial charge in [-0.1, -0.05) is 30.3 Å². The molecule has 8 heteroatoms. The zero-order valence-corrected chi connectivity index (χ0v) is 15.0. The Hall–Kier alpha value is -2.48. The SMILES string of the molecule is O=C(C[NH+]1CCC(Cc2ccccc2)CC1)Nc1c(F)c(F)c(F)c(F)c1F. The molecule has 1 fully saturated rings. The minimum atomic E-state index is -2.25. The molecule has 150 valence electrons. The van der Waals surface area contributed by atoms with Gasteiger partial charge in [0, 0.05) is 0 Å². The largest absolute Gasteiger partial charge is 0.327 e. The highest BCUT2D eigenvalue weighted by Gasteiger charge is 2.29. The van der Waals surface area contributed by atoms with Crippen molar-refractivity contribution in [3.8, 4) is 0 Å². The first-order valence-electron chi connectivity index (χ1n) is 9.05. The molecule has 1 aliphatic rings. The van der Waals surface area contributed by atoms with Gasteiger partial charge in [0.2, 0.25) is 5.82 Å². The van der Waals surface area contributed by atoms with Gasteiger partial charge >= 0.3 is 0 Å². The molecule has 28 heavy (non-hydrogen) atoms. The Morgan fingerprint density at radius 1 is 0.893 bits per heavy atom. The van der Waals surface area contributed by atoms with E-state index in [-0.39, 0.29) is 6.54 Å². The Labute approximate surface area is 159 Å². The smallest absolute Gasteiger partial charge is 0.279 e. The maximum absolute atomic E-state index is 13.7. The van der Waals surface area contributed by atoms with E-state index in [0.29, 0.717) is 19.0 Å². The first-order chi connectivity index (χ1) is 13.4. The number of nitrogens with one attached hydrogen (secondary N) is 2. The second kappa shape index (κ2) is 8.68. The van der Waals surface area contributed by atoms with E-state index in [1.807, 2.05) is 23.5 Å². The number of hydrogen-bond acceptors (Lipinski definition) is 1. The molecule has 1 heterocycles. The van der Waals surface area contributed by atoms with Crippen LogP contribution in [0.25, 0.3) is 0 Å². The molecule has 2 N–H and O–H groups in total. The molecule has 0 radical (unpaired) electrons. The summed E-state index contributed by atoms with van der Waals surface area (Å²) < 4.78 is 66.8. The van der Waals surface area contributed by atoms with Crippen LogP contribution in [0.4, 0.5) is 27.6 Å². The minimum absolute atomic E-state index is 0.0997. The number of anilines is 1. The fourth-order valence-electron chi connectivity index (χ4n) is 3.54. The topological polar surface area (TPSA) is 33.5 Å². The highest BCUT2D eigenvalue weighted by atomic mass is 19.2. The molecule has 3 nitrogen and oxygen atoms in total. The summed E-state index contributed by atoms with van der Waals surface area (Å²) in [6.07, 6.45) is 2.73. The lowest BCUT2D eigenvalue weighted by Gasteiger charge is -2.29. The Morgan fingerprint density at radius 2 is 1.43 bits per heavy atom. The zero-order valence-electron chi connectivity index (χ0n) is 15.0. The van der Waals surface area contributed by atoms with E-state index in [0.717, 1.165) is 24.2 Å². The van der Waals surface area contributed by atoms with E-state index in [1.54, 1.807) is 0 Å². The van der Waals surface area contributed by atoms with Gasteiger partial charge in [0.1, 0.15) is 5.69 Å². The summed E-state index contributed by atoms with van der Waals surface area (Å²) in [7, 11) is 0. The molecule has 2 aromatic carbocycles. The second-order valence-corrected chi connectivity index (χ2v) is 7.05. The average Bonchev–Trinajstić information content (AvgIpc) is 2.70. The molecule has 0 bridgehead atoms. The summed E-state index contributed by atoms with van der Waals surface area (Å²) in [4.78, 5) is 13.0. The van der Waals surface area contributed by atoms with E-state index >= 15 is 0 Å². The lowest BCUT2D eigenvalue weighted by Crippen LogP contribution is -3.14. The molecule has 1 amide bonds. The van der Waals surface area contributed by atoms with Gasteiger partial charge in [-0.15, -0.1) is 0 Å². The third-order valence-electron chi connectivity index (χ3n) is 5.06. The van der Waals surface area contributed by atoms with Gasteiger partial charge in [-0.3, -0.25) is 4.79 Å². The maximum Gasteiger partial charge on any atom is 0.279 e. The van der Waals surface area contributed by atoms with Crippen LogP contribution in [-0.2, 0) is 11.2 Å². The number of halogens is 5. The second-order valence-electron chi connectivity index (χ2n) is 7.05. The lowest BCUT2D eigenvalue weighted by molar-refractivity contribution is -0.898. The Bertz CT molecular complexity index is 822. The van der Waals surface area contributed by atoms with Gasteiger partial charge in [0.15, 0.2) is 29.8 Å². The van der Waals surface area contributed by atoms with E-state index in [9.17, 15) is 26.7 Å². The van der Waals surface area contributed by atoms with Gasteiger partial charge in [0.05, 0.1) is 13.1 Å². The van der Waals surface area contributed by atoms with Crippen molar-refractivity contribution in [2.24, 2.45) is 5.92 Å². The first-order valence-corrected chi connectivity index (χ1v) is 9.05. The van der Waals surface area contributed by atoms with Crippen LogP contribution in [0.1, 0.15) is 18.4 Å².